The van der Waals surface area contributed by atoms with Crippen LogP contribution >= 0.6 is 0 Å². The van der Waals surface area contributed by atoms with Crippen molar-refractivity contribution >= 4 is 5.91 Å². The molecule has 0 radical (unpaired) electrons. The van der Waals surface area contributed by atoms with Crippen LogP contribution in [0.25, 0.3) is 0 Å². The quantitative estimate of drug-likeness (QED) is 0.845. The molecule has 0 spiro atoms. The lowest BCUT2D eigenvalue weighted by Gasteiger charge is -2.12. The zero-order valence-corrected chi connectivity index (χ0v) is 13.8. The summed E-state index contributed by atoms with van der Waals surface area (Å²) in [5, 5.41) is 2.91. The second kappa shape index (κ2) is 8.22. The zero-order valence-electron chi connectivity index (χ0n) is 13.8. The van der Waals surface area contributed by atoms with Crippen molar-refractivity contribution in [3.8, 4) is 11.5 Å². The van der Waals surface area contributed by atoms with Crippen LogP contribution in [0, 0.1) is 0 Å². The Hall–Kier alpha value is -2.49. The molecule has 0 aliphatic carbocycles. The number of carbonyl (C=O) groups excluding carboxylic acids is 1. The fourth-order valence-electron chi connectivity index (χ4n) is 2.17. The smallest absolute Gasteiger partial charge is 0.255 e. The van der Waals surface area contributed by atoms with Crippen LogP contribution in [0.2, 0.25) is 0 Å². The molecule has 0 saturated carbocycles. The van der Waals surface area contributed by atoms with E-state index < -0.39 is 0 Å². The Labute approximate surface area is 137 Å². The molecule has 0 aliphatic rings. The second-order valence-corrected chi connectivity index (χ2v) is 5.42. The van der Waals surface area contributed by atoms with E-state index in [1.165, 1.54) is 0 Å². The van der Waals surface area contributed by atoms with E-state index in [9.17, 15) is 4.79 Å². The number of carbonyl (C=O) groups is 1. The van der Waals surface area contributed by atoms with Crippen LogP contribution in [-0.2, 0) is 6.54 Å². The van der Waals surface area contributed by atoms with Crippen LogP contribution in [0.3, 0.4) is 0 Å². The van der Waals surface area contributed by atoms with Crippen LogP contribution in [0.15, 0.2) is 48.5 Å². The third-order valence-corrected chi connectivity index (χ3v) is 3.18. The molecule has 2 aromatic carbocycles. The summed E-state index contributed by atoms with van der Waals surface area (Å²) >= 11 is 0. The van der Waals surface area contributed by atoms with Crippen molar-refractivity contribution in [1.82, 2.24) is 5.32 Å². The van der Waals surface area contributed by atoms with Gasteiger partial charge in [-0.15, -0.1) is 0 Å². The number of benzene rings is 2. The third-order valence-electron chi connectivity index (χ3n) is 3.18. The monoisotopic (exact) mass is 313 g/mol. The summed E-state index contributed by atoms with van der Waals surface area (Å²) in [5.41, 5.74) is 1.57. The van der Waals surface area contributed by atoms with Crippen molar-refractivity contribution in [2.24, 2.45) is 0 Å². The van der Waals surface area contributed by atoms with Gasteiger partial charge < -0.3 is 14.8 Å². The summed E-state index contributed by atoms with van der Waals surface area (Å²) in [5.74, 6) is 1.29. The molecule has 0 heterocycles. The Morgan fingerprint density at radius 2 is 1.78 bits per heavy atom. The second-order valence-electron chi connectivity index (χ2n) is 5.42. The number of amides is 1. The van der Waals surface area contributed by atoms with E-state index in [1.54, 1.807) is 12.1 Å². The van der Waals surface area contributed by atoms with Crippen molar-refractivity contribution in [3.05, 3.63) is 59.7 Å². The van der Waals surface area contributed by atoms with Crippen molar-refractivity contribution in [2.45, 2.75) is 33.4 Å². The molecule has 1 N–H and O–H groups in total. The van der Waals surface area contributed by atoms with E-state index in [2.05, 4.69) is 5.32 Å². The maximum Gasteiger partial charge on any atom is 0.255 e. The highest BCUT2D eigenvalue weighted by atomic mass is 16.5. The van der Waals surface area contributed by atoms with Gasteiger partial charge in [0.05, 0.1) is 18.3 Å². The van der Waals surface area contributed by atoms with Gasteiger partial charge in [0.1, 0.15) is 11.5 Å². The summed E-state index contributed by atoms with van der Waals surface area (Å²) in [4.78, 5) is 12.3. The molecule has 0 saturated heterocycles. The summed E-state index contributed by atoms with van der Waals surface area (Å²) in [6.07, 6.45) is 0.149. The van der Waals surface area contributed by atoms with Gasteiger partial charge in [0.15, 0.2) is 0 Å². The van der Waals surface area contributed by atoms with Gasteiger partial charge in [0.25, 0.3) is 5.91 Å². The van der Waals surface area contributed by atoms with Gasteiger partial charge in [-0.25, -0.2) is 0 Å². The van der Waals surface area contributed by atoms with Gasteiger partial charge >= 0.3 is 0 Å². The third kappa shape index (κ3) is 5.02. The normalized spacial score (nSPS) is 10.4. The minimum atomic E-state index is -0.142. The van der Waals surface area contributed by atoms with Crippen molar-refractivity contribution in [1.29, 1.82) is 0 Å². The lowest BCUT2D eigenvalue weighted by atomic mass is 10.1. The molecule has 0 aliphatic heterocycles. The Morgan fingerprint density at radius 3 is 2.43 bits per heavy atom. The molecule has 0 bridgehead atoms. The van der Waals surface area contributed by atoms with E-state index in [0.717, 1.165) is 11.3 Å². The fraction of sp³-hybridized carbons (Fsp3) is 0.316. The predicted octanol–water partition coefficient (Wildman–Crippen LogP) is 3.80. The maximum absolute atomic E-state index is 12.3. The number of ether oxygens (including phenoxy) is 2. The first-order chi connectivity index (χ1) is 11.1. The molecule has 23 heavy (non-hydrogen) atoms. The number of rotatable bonds is 7. The van der Waals surface area contributed by atoms with Crippen LogP contribution < -0.4 is 14.8 Å². The van der Waals surface area contributed by atoms with Gasteiger partial charge in [0, 0.05) is 6.54 Å². The highest BCUT2D eigenvalue weighted by Crippen LogP contribution is 2.18. The van der Waals surface area contributed by atoms with Gasteiger partial charge in [0.2, 0.25) is 0 Å². The largest absolute Gasteiger partial charge is 0.493 e. The first-order valence-electron chi connectivity index (χ1n) is 7.85. The Morgan fingerprint density at radius 1 is 1.09 bits per heavy atom. The molecule has 2 aromatic rings. The van der Waals surface area contributed by atoms with Gasteiger partial charge in [-0.2, -0.15) is 0 Å². The van der Waals surface area contributed by atoms with Crippen molar-refractivity contribution in [3.63, 3.8) is 0 Å². The van der Waals surface area contributed by atoms with Gasteiger partial charge in [-0.1, -0.05) is 24.3 Å². The minimum Gasteiger partial charge on any atom is -0.493 e. The molecule has 122 valence electrons. The fourth-order valence-corrected chi connectivity index (χ4v) is 2.17. The van der Waals surface area contributed by atoms with E-state index in [-0.39, 0.29) is 12.0 Å². The molecular weight excluding hydrogens is 290 g/mol. The molecule has 0 atom stereocenters. The summed E-state index contributed by atoms with van der Waals surface area (Å²) in [6.45, 7) is 6.87. The Kier molecular flexibility index (Phi) is 6.03. The molecular formula is C19H23NO3. The standard InChI is InChI=1S/C19H23NO3/c1-4-22-18-8-6-5-7-17(18)19(21)20-13-15-9-11-16(12-10-15)23-14(2)3/h5-12,14H,4,13H2,1-3H3,(H,20,21). The van der Waals surface area contributed by atoms with Crippen LogP contribution in [0.4, 0.5) is 0 Å². The van der Waals surface area contributed by atoms with Crippen LogP contribution in [0.1, 0.15) is 36.7 Å². The lowest BCUT2D eigenvalue weighted by Crippen LogP contribution is -2.23. The molecule has 4 nitrogen and oxygen atoms in total. The molecule has 1 amide bonds. The molecule has 4 heteroatoms. The Bertz CT molecular complexity index is 635. The Balaban J connectivity index is 1.96. The molecule has 0 unspecified atom stereocenters. The lowest BCUT2D eigenvalue weighted by molar-refractivity contribution is 0.0947. The summed E-state index contributed by atoms with van der Waals surface area (Å²) in [7, 11) is 0. The summed E-state index contributed by atoms with van der Waals surface area (Å²) < 4.78 is 11.1. The van der Waals surface area contributed by atoms with Gasteiger partial charge in [-0.3, -0.25) is 4.79 Å². The average Bonchev–Trinajstić information content (AvgIpc) is 2.54. The van der Waals surface area contributed by atoms with E-state index in [4.69, 9.17) is 9.47 Å². The number of hydrogen-bond donors (Lipinski definition) is 1. The van der Waals surface area contributed by atoms with Crippen molar-refractivity contribution < 1.29 is 14.3 Å². The highest BCUT2D eigenvalue weighted by molar-refractivity contribution is 5.96. The number of para-hydroxylation sites is 1. The van der Waals surface area contributed by atoms with Crippen LogP contribution in [0.5, 0.6) is 11.5 Å². The minimum absolute atomic E-state index is 0.142. The maximum atomic E-state index is 12.3. The molecule has 0 fully saturated rings. The molecule has 2 rings (SSSR count). The molecule has 0 aromatic heterocycles. The number of hydrogen-bond acceptors (Lipinski definition) is 3. The zero-order chi connectivity index (χ0) is 16.7. The van der Waals surface area contributed by atoms with Crippen LogP contribution in [-0.4, -0.2) is 18.6 Å². The average molecular weight is 313 g/mol. The predicted molar refractivity (Wildman–Crippen MR) is 91.0 cm³/mol. The van der Waals surface area contributed by atoms with E-state index in [1.807, 2.05) is 57.2 Å². The summed E-state index contributed by atoms with van der Waals surface area (Å²) in [6, 6.07) is 15.0. The van der Waals surface area contributed by atoms with E-state index >= 15 is 0 Å². The highest BCUT2D eigenvalue weighted by Gasteiger charge is 2.11. The van der Waals surface area contributed by atoms with Crippen molar-refractivity contribution in [2.75, 3.05) is 6.61 Å². The SMILES string of the molecule is CCOc1ccccc1C(=O)NCc1ccc(OC(C)C)cc1. The number of nitrogens with one attached hydrogen (secondary N) is 1. The first-order valence-corrected chi connectivity index (χ1v) is 7.85. The topological polar surface area (TPSA) is 47.6 Å². The first kappa shape index (κ1) is 16.9. The van der Waals surface area contributed by atoms with E-state index in [0.29, 0.717) is 24.5 Å². The van der Waals surface area contributed by atoms with Gasteiger partial charge in [-0.05, 0) is 50.6 Å².